The molecule has 2 fully saturated rings. The van der Waals surface area contributed by atoms with Gasteiger partial charge in [0.15, 0.2) is 0 Å². The summed E-state index contributed by atoms with van der Waals surface area (Å²) >= 11 is 0. The van der Waals surface area contributed by atoms with Crippen molar-refractivity contribution in [3.8, 4) is 0 Å². The molecule has 0 aliphatic heterocycles. The lowest BCUT2D eigenvalue weighted by molar-refractivity contribution is 0.525. The molecule has 0 atom stereocenters. The van der Waals surface area contributed by atoms with Crippen LogP contribution in [-0.2, 0) is 0 Å². The van der Waals surface area contributed by atoms with Crippen molar-refractivity contribution in [1.29, 1.82) is 0 Å². The summed E-state index contributed by atoms with van der Waals surface area (Å²) in [7, 11) is 2.30. The first-order valence-electron chi connectivity index (χ1n) is 13.0. The van der Waals surface area contributed by atoms with Crippen LogP contribution in [0.1, 0.15) is 127 Å². The van der Waals surface area contributed by atoms with Gasteiger partial charge in [0.1, 0.15) is 11.3 Å². The van der Waals surface area contributed by atoms with Gasteiger partial charge in [-0.1, -0.05) is 109 Å². The second-order valence-corrected chi connectivity index (χ2v) is 9.84. The first-order valence-corrected chi connectivity index (χ1v) is 13.0. The molecule has 163 valence electrons. The van der Waals surface area contributed by atoms with Crippen molar-refractivity contribution in [3.63, 3.8) is 0 Å². The lowest BCUT2D eigenvalue weighted by Gasteiger charge is -2.14. The lowest BCUT2D eigenvalue weighted by Crippen LogP contribution is -2.20. The fourth-order valence-electron chi connectivity index (χ4n) is 5.46. The predicted octanol–water partition coefficient (Wildman–Crippen LogP) is 7.47. The van der Waals surface area contributed by atoms with Crippen LogP contribution in [0.3, 0.4) is 0 Å². The summed E-state index contributed by atoms with van der Waals surface area (Å²) in [6.07, 6.45) is 24.4. The molecule has 30 heavy (non-hydrogen) atoms. The average molecular weight is 407 g/mol. The first-order chi connectivity index (χ1) is 14.9. The van der Waals surface area contributed by atoms with E-state index in [1.165, 1.54) is 121 Å². The zero-order valence-corrected chi connectivity index (χ0v) is 18.9. The molecule has 2 aromatic rings. The van der Waals surface area contributed by atoms with Gasteiger partial charge in [-0.3, -0.25) is 0 Å². The van der Waals surface area contributed by atoms with E-state index in [4.69, 9.17) is 14.4 Å². The zero-order chi connectivity index (χ0) is 20.4. The smallest absolute Gasteiger partial charge is 0.246 e. The maximum atomic E-state index is 6.16. The topological polar surface area (TPSA) is 38.9 Å². The highest BCUT2D eigenvalue weighted by atomic mass is 16.4. The summed E-state index contributed by atoms with van der Waals surface area (Å²) in [6, 6.07) is 4.35. The number of aromatic nitrogens is 2. The van der Waals surface area contributed by atoms with Gasteiger partial charge in [-0.25, -0.2) is 9.97 Å². The fraction of sp³-hybridized carbons (Fsp3) is 0.769. The van der Waals surface area contributed by atoms with E-state index in [0.717, 1.165) is 17.0 Å². The van der Waals surface area contributed by atoms with Gasteiger partial charge < -0.3 is 4.42 Å². The van der Waals surface area contributed by atoms with E-state index in [-0.39, 0.29) is 0 Å². The Labute approximate surface area is 184 Å². The van der Waals surface area contributed by atoms with Gasteiger partial charge >= 0.3 is 0 Å². The predicted molar refractivity (Wildman–Crippen MR) is 127 cm³/mol. The van der Waals surface area contributed by atoms with Crippen LogP contribution in [0, 0.1) is 0 Å². The van der Waals surface area contributed by atoms with Crippen molar-refractivity contribution in [2.24, 2.45) is 0 Å². The minimum Gasteiger partial charge on any atom is -0.433 e. The molecule has 1 radical (unpaired) electrons. The monoisotopic (exact) mass is 407 g/mol. The lowest BCUT2D eigenvalue weighted by atomic mass is 9.60. The van der Waals surface area contributed by atoms with Crippen LogP contribution < -0.4 is 5.79 Å². The molecule has 0 amide bonds. The minimum absolute atomic E-state index is 0.590. The summed E-state index contributed by atoms with van der Waals surface area (Å²) in [6.45, 7) is 0. The molecule has 2 heterocycles. The van der Waals surface area contributed by atoms with E-state index in [1.54, 1.807) is 0 Å². The van der Waals surface area contributed by atoms with Crippen molar-refractivity contribution in [3.05, 3.63) is 17.8 Å². The number of rotatable bonds is 3. The summed E-state index contributed by atoms with van der Waals surface area (Å²) in [5, 5.41) is 0. The molecule has 4 rings (SSSR count). The van der Waals surface area contributed by atoms with Crippen molar-refractivity contribution in [1.82, 2.24) is 9.97 Å². The van der Waals surface area contributed by atoms with Gasteiger partial charge in [-0.05, 0) is 25.0 Å². The summed E-state index contributed by atoms with van der Waals surface area (Å²) < 4.78 is 6.16. The summed E-state index contributed by atoms with van der Waals surface area (Å²) in [5.74, 6) is 1.99. The molecule has 2 aliphatic carbocycles. The quantitative estimate of drug-likeness (QED) is 0.495. The normalized spacial score (nSPS) is 22.0. The zero-order valence-electron chi connectivity index (χ0n) is 18.9. The summed E-state index contributed by atoms with van der Waals surface area (Å²) in [5.41, 5.74) is 2.89. The van der Waals surface area contributed by atoms with Crippen molar-refractivity contribution < 1.29 is 4.42 Å². The molecular weight excluding hydrogens is 367 g/mol. The Morgan fingerprint density at radius 3 is 1.77 bits per heavy atom. The van der Waals surface area contributed by atoms with Crippen molar-refractivity contribution in [2.75, 3.05) is 0 Å². The third kappa shape index (κ3) is 6.59. The van der Waals surface area contributed by atoms with Gasteiger partial charge in [-0.15, -0.1) is 0 Å². The molecule has 2 saturated carbocycles. The Bertz CT molecular complexity index is 737. The number of nitrogens with zero attached hydrogens (tertiary/aromatic N) is 2. The number of hydrogen-bond donors (Lipinski definition) is 0. The van der Waals surface area contributed by atoms with E-state index >= 15 is 0 Å². The van der Waals surface area contributed by atoms with Crippen LogP contribution in [-0.4, -0.2) is 17.2 Å². The molecule has 0 aromatic carbocycles. The fourth-order valence-corrected chi connectivity index (χ4v) is 5.46. The van der Waals surface area contributed by atoms with E-state index in [2.05, 4.69) is 19.4 Å². The summed E-state index contributed by atoms with van der Waals surface area (Å²) in [4.78, 5) is 9.71. The number of oxazole rings is 1. The highest BCUT2D eigenvalue weighted by molar-refractivity contribution is 6.52. The van der Waals surface area contributed by atoms with E-state index < -0.39 is 0 Å². The van der Waals surface area contributed by atoms with Gasteiger partial charge in [0.05, 0.1) is 0 Å². The molecule has 2 aromatic heterocycles. The number of fused-ring (bicyclic) bond motifs is 1. The molecular formula is C26H40BN2O. The molecule has 0 saturated heterocycles. The van der Waals surface area contributed by atoms with Crippen molar-refractivity contribution >= 4 is 24.3 Å². The molecule has 0 bridgehead atoms. The third-order valence-corrected chi connectivity index (χ3v) is 7.35. The Balaban J connectivity index is 1.41. The van der Waals surface area contributed by atoms with Crippen LogP contribution >= 0.6 is 0 Å². The molecule has 0 spiro atoms. The Kier molecular flexibility index (Phi) is 8.69. The highest BCUT2D eigenvalue weighted by Crippen LogP contribution is 2.30. The van der Waals surface area contributed by atoms with Crippen LogP contribution in [0.5, 0.6) is 0 Å². The average Bonchev–Trinajstić information content (AvgIpc) is 3.19. The van der Waals surface area contributed by atoms with Gasteiger partial charge in [-0.2, -0.15) is 0 Å². The first kappa shape index (κ1) is 21.9. The van der Waals surface area contributed by atoms with Gasteiger partial charge in [0.25, 0.3) is 0 Å². The van der Waals surface area contributed by atoms with Crippen LogP contribution in [0.4, 0.5) is 0 Å². The van der Waals surface area contributed by atoms with E-state index in [0.29, 0.717) is 11.7 Å². The maximum absolute atomic E-state index is 6.16. The molecule has 3 nitrogen and oxygen atoms in total. The maximum Gasteiger partial charge on any atom is 0.246 e. The number of hydrogen-bond acceptors (Lipinski definition) is 3. The van der Waals surface area contributed by atoms with E-state index in [1.807, 2.05) is 0 Å². The molecule has 0 unspecified atom stereocenters. The molecule has 0 N–H and O–H groups in total. The standard InChI is InChI=1S/C26H40BN2O/c1-2-4-10-14-18-22(17-13-9-3-1)27-26-29-24-20-19-23(28-25(24)30-26)21-15-11-7-5-6-8-12-16-21/h19-22H,1-18H2. The number of pyridine rings is 1. The van der Waals surface area contributed by atoms with Gasteiger partial charge in [0, 0.05) is 11.6 Å². The van der Waals surface area contributed by atoms with Gasteiger partial charge in [0.2, 0.25) is 13.0 Å². The Morgan fingerprint density at radius 2 is 1.17 bits per heavy atom. The SMILES string of the molecule is [B](c1nc2ccc(C3CCCCCCCC3)nc2o1)C1CCCCCCCCCC1. The van der Waals surface area contributed by atoms with Crippen LogP contribution in [0.2, 0.25) is 5.82 Å². The Morgan fingerprint density at radius 1 is 0.633 bits per heavy atom. The third-order valence-electron chi connectivity index (χ3n) is 7.35. The van der Waals surface area contributed by atoms with Crippen LogP contribution in [0.15, 0.2) is 16.5 Å². The molecule has 4 heteroatoms. The van der Waals surface area contributed by atoms with Crippen LogP contribution in [0.25, 0.3) is 11.2 Å². The largest absolute Gasteiger partial charge is 0.433 e. The second-order valence-electron chi connectivity index (χ2n) is 9.84. The minimum atomic E-state index is 0.590. The van der Waals surface area contributed by atoms with Crippen molar-refractivity contribution in [2.45, 2.75) is 127 Å². The highest BCUT2D eigenvalue weighted by Gasteiger charge is 2.19. The second kappa shape index (κ2) is 11.9. The molecule has 2 aliphatic rings. The Hall–Kier alpha value is -1.32. The van der Waals surface area contributed by atoms with E-state index in [9.17, 15) is 0 Å².